The summed E-state index contributed by atoms with van der Waals surface area (Å²) in [4.78, 5) is 54.5. The van der Waals surface area contributed by atoms with Gasteiger partial charge in [-0.2, -0.15) is 0 Å². The van der Waals surface area contributed by atoms with E-state index in [1.54, 1.807) is 17.9 Å². The van der Waals surface area contributed by atoms with Gasteiger partial charge in [-0.3, -0.25) is 23.5 Å². The molecule has 1 amide bonds. The smallest absolute Gasteiger partial charge is 0.332 e. The molecule has 0 radical (unpaired) electrons. The number of carboxylic acid groups (broad SMARTS) is 1. The summed E-state index contributed by atoms with van der Waals surface area (Å²) in [5.74, 6) is -0.956. The minimum absolute atomic E-state index is 0.0887. The topological polar surface area (TPSA) is 114 Å². The van der Waals surface area contributed by atoms with Crippen molar-refractivity contribution >= 4 is 22.9 Å². The largest absolute Gasteiger partial charge is 0.481 e. The standard InChI is InChI=1S/C19H24N4O5/c1-11-9-13(20-16-15(11)18(27)22(3)19(28)21(16)2)17(26)23-8-4-5-12(10-23)6-7-14(24)25/h9,12H,4-8,10H2,1-3H3,(H,24,25). The number of hydrogen-bond acceptors (Lipinski definition) is 5. The molecule has 3 heterocycles. The molecule has 0 spiro atoms. The second-order valence-electron chi connectivity index (χ2n) is 7.42. The first-order chi connectivity index (χ1) is 13.2. The molecule has 1 atom stereocenters. The van der Waals surface area contributed by atoms with Gasteiger partial charge in [-0.05, 0) is 43.7 Å². The normalized spacial score (nSPS) is 17.1. The van der Waals surface area contributed by atoms with E-state index in [1.165, 1.54) is 18.7 Å². The maximum absolute atomic E-state index is 13.0. The number of hydrogen-bond donors (Lipinski definition) is 1. The fourth-order valence-corrected chi connectivity index (χ4v) is 3.82. The van der Waals surface area contributed by atoms with E-state index in [2.05, 4.69) is 4.98 Å². The van der Waals surface area contributed by atoms with Crippen LogP contribution in [-0.4, -0.2) is 49.1 Å². The second-order valence-corrected chi connectivity index (χ2v) is 7.42. The lowest BCUT2D eigenvalue weighted by atomic mass is 9.93. The molecule has 1 N–H and O–H groups in total. The maximum atomic E-state index is 13.0. The van der Waals surface area contributed by atoms with E-state index in [4.69, 9.17) is 5.11 Å². The lowest BCUT2D eigenvalue weighted by Gasteiger charge is -2.32. The van der Waals surface area contributed by atoms with E-state index in [0.717, 1.165) is 17.4 Å². The molecule has 0 saturated carbocycles. The van der Waals surface area contributed by atoms with Crippen molar-refractivity contribution in [1.29, 1.82) is 0 Å². The number of nitrogens with zero attached hydrogens (tertiary/aromatic N) is 4. The number of rotatable bonds is 4. The van der Waals surface area contributed by atoms with Crippen LogP contribution in [0.1, 0.15) is 41.7 Å². The number of aryl methyl sites for hydroxylation is 2. The molecular formula is C19H24N4O5. The minimum atomic E-state index is -0.835. The molecule has 150 valence electrons. The summed E-state index contributed by atoms with van der Waals surface area (Å²) in [6.07, 6.45) is 2.33. The molecule has 2 aromatic heterocycles. The highest BCUT2D eigenvalue weighted by Gasteiger charge is 2.26. The number of piperidine rings is 1. The van der Waals surface area contributed by atoms with Gasteiger partial charge in [0.1, 0.15) is 11.3 Å². The molecular weight excluding hydrogens is 364 g/mol. The number of carbonyl (C=O) groups excluding carboxylic acids is 1. The van der Waals surface area contributed by atoms with Crippen LogP contribution in [0.3, 0.4) is 0 Å². The van der Waals surface area contributed by atoms with Crippen molar-refractivity contribution in [3.8, 4) is 0 Å². The van der Waals surface area contributed by atoms with Gasteiger partial charge in [0.2, 0.25) is 0 Å². The van der Waals surface area contributed by atoms with Crippen molar-refractivity contribution in [2.75, 3.05) is 13.1 Å². The van der Waals surface area contributed by atoms with Crippen molar-refractivity contribution in [1.82, 2.24) is 19.0 Å². The Balaban J connectivity index is 1.95. The first-order valence-electron chi connectivity index (χ1n) is 9.29. The monoisotopic (exact) mass is 388 g/mol. The molecule has 0 aromatic carbocycles. The van der Waals surface area contributed by atoms with E-state index >= 15 is 0 Å². The van der Waals surface area contributed by atoms with Crippen LogP contribution >= 0.6 is 0 Å². The number of pyridine rings is 1. The molecule has 0 aliphatic carbocycles. The molecule has 0 bridgehead atoms. The Kier molecular flexibility index (Phi) is 5.35. The Labute approximate surface area is 161 Å². The van der Waals surface area contributed by atoms with Crippen LogP contribution in [0, 0.1) is 12.8 Å². The highest BCUT2D eigenvalue weighted by Crippen LogP contribution is 2.23. The van der Waals surface area contributed by atoms with Crippen LogP contribution in [-0.2, 0) is 18.9 Å². The highest BCUT2D eigenvalue weighted by atomic mass is 16.4. The number of carboxylic acids is 1. The maximum Gasteiger partial charge on any atom is 0.332 e. The highest BCUT2D eigenvalue weighted by molar-refractivity contribution is 5.95. The van der Waals surface area contributed by atoms with Crippen molar-refractivity contribution in [2.24, 2.45) is 20.0 Å². The van der Waals surface area contributed by atoms with Crippen molar-refractivity contribution in [3.05, 3.63) is 38.2 Å². The molecule has 1 fully saturated rings. The average molecular weight is 388 g/mol. The van der Waals surface area contributed by atoms with Gasteiger partial charge in [-0.1, -0.05) is 0 Å². The predicted molar refractivity (Wildman–Crippen MR) is 102 cm³/mol. The molecule has 2 aromatic rings. The zero-order valence-electron chi connectivity index (χ0n) is 16.3. The number of carbonyl (C=O) groups is 2. The summed E-state index contributed by atoms with van der Waals surface area (Å²) in [5, 5.41) is 9.19. The van der Waals surface area contributed by atoms with E-state index in [-0.39, 0.29) is 29.6 Å². The third-order valence-corrected chi connectivity index (χ3v) is 5.40. The summed E-state index contributed by atoms with van der Waals surface area (Å²) in [7, 11) is 2.93. The molecule has 1 aliphatic rings. The van der Waals surface area contributed by atoms with Gasteiger partial charge in [0.05, 0.1) is 5.39 Å². The third-order valence-electron chi connectivity index (χ3n) is 5.40. The first-order valence-corrected chi connectivity index (χ1v) is 9.29. The minimum Gasteiger partial charge on any atom is -0.481 e. The van der Waals surface area contributed by atoms with E-state index in [0.29, 0.717) is 30.5 Å². The van der Waals surface area contributed by atoms with Gasteiger partial charge in [0.25, 0.3) is 11.5 Å². The summed E-state index contributed by atoms with van der Waals surface area (Å²) in [6, 6.07) is 1.58. The van der Waals surface area contributed by atoms with E-state index in [1.807, 2.05) is 0 Å². The molecule has 1 aliphatic heterocycles. The molecule has 9 heteroatoms. The number of fused-ring (bicyclic) bond motifs is 1. The number of aromatic nitrogens is 3. The van der Waals surface area contributed by atoms with Crippen LogP contribution in [0.15, 0.2) is 15.7 Å². The quantitative estimate of drug-likeness (QED) is 0.823. The van der Waals surface area contributed by atoms with Gasteiger partial charge < -0.3 is 10.0 Å². The van der Waals surface area contributed by atoms with Gasteiger partial charge in [-0.15, -0.1) is 0 Å². The molecule has 1 saturated heterocycles. The van der Waals surface area contributed by atoms with E-state index < -0.39 is 17.2 Å². The summed E-state index contributed by atoms with van der Waals surface area (Å²) >= 11 is 0. The van der Waals surface area contributed by atoms with Crippen LogP contribution in [0.4, 0.5) is 0 Å². The van der Waals surface area contributed by atoms with Gasteiger partial charge in [0, 0.05) is 33.6 Å². The Bertz CT molecular complexity index is 1070. The van der Waals surface area contributed by atoms with Crippen molar-refractivity contribution < 1.29 is 14.7 Å². The zero-order chi connectivity index (χ0) is 20.6. The van der Waals surface area contributed by atoms with Crippen molar-refractivity contribution in [2.45, 2.75) is 32.6 Å². The lowest BCUT2D eigenvalue weighted by Crippen LogP contribution is -2.41. The second kappa shape index (κ2) is 7.57. The van der Waals surface area contributed by atoms with Crippen LogP contribution in [0.25, 0.3) is 11.0 Å². The van der Waals surface area contributed by atoms with Crippen LogP contribution in [0.5, 0.6) is 0 Å². The summed E-state index contributed by atoms with van der Waals surface area (Å²) in [6.45, 7) is 2.79. The molecule has 3 rings (SSSR count). The Hall–Kier alpha value is -2.97. The number of likely N-dealkylation sites (tertiary alicyclic amines) is 1. The van der Waals surface area contributed by atoms with Crippen molar-refractivity contribution in [3.63, 3.8) is 0 Å². The van der Waals surface area contributed by atoms with E-state index in [9.17, 15) is 19.2 Å². The summed E-state index contributed by atoms with van der Waals surface area (Å²) in [5.41, 5.74) is 0.0292. The Morgan fingerprint density at radius 2 is 1.96 bits per heavy atom. The SMILES string of the molecule is Cc1cc(C(=O)N2CCCC(CCC(=O)O)C2)nc2c1c(=O)n(C)c(=O)n2C. The average Bonchev–Trinajstić information content (AvgIpc) is 2.68. The Morgan fingerprint density at radius 1 is 1.25 bits per heavy atom. The Morgan fingerprint density at radius 3 is 2.64 bits per heavy atom. The van der Waals surface area contributed by atoms with Crippen LogP contribution < -0.4 is 11.2 Å². The van der Waals surface area contributed by atoms with Gasteiger partial charge in [-0.25, -0.2) is 9.78 Å². The third kappa shape index (κ3) is 3.56. The predicted octanol–water partition coefficient (Wildman–Crippen LogP) is 0.658. The van der Waals surface area contributed by atoms with Gasteiger partial charge in [0.15, 0.2) is 0 Å². The molecule has 9 nitrogen and oxygen atoms in total. The fraction of sp³-hybridized carbons (Fsp3) is 0.526. The molecule has 28 heavy (non-hydrogen) atoms. The van der Waals surface area contributed by atoms with Gasteiger partial charge >= 0.3 is 11.7 Å². The lowest BCUT2D eigenvalue weighted by molar-refractivity contribution is -0.137. The zero-order valence-corrected chi connectivity index (χ0v) is 16.3. The number of amides is 1. The van der Waals surface area contributed by atoms with Crippen LogP contribution in [0.2, 0.25) is 0 Å². The fourth-order valence-electron chi connectivity index (χ4n) is 3.82. The first kappa shape index (κ1) is 19.8. The number of aliphatic carboxylic acids is 1. The summed E-state index contributed by atoms with van der Waals surface area (Å²) < 4.78 is 2.29. The molecule has 1 unspecified atom stereocenters.